The summed E-state index contributed by atoms with van der Waals surface area (Å²) in [5.74, 6) is -0.259. The molecule has 0 fully saturated rings. The summed E-state index contributed by atoms with van der Waals surface area (Å²) in [5, 5.41) is 19.3. The van der Waals surface area contributed by atoms with E-state index in [9.17, 15) is 15.0 Å². The molecule has 0 aliphatic heterocycles. The van der Waals surface area contributed by atoms with Gasteiger partial charge in [-0.3, -0.25) is 4.79 Å². The van der Waals surface area contributed by atoms with Gasteiger partial charge < -0.3 is 14.9 Å². The van der Waals surface area contributed by atoms with Gasteiger partial charge >= 0.3 is 0 Å². The largest absolute Gasteiger partial charge is 0.497 e. The summed E-state index contributed by atoms with van der Waals surface area (Å²) in [4.78, 5) is 11.7. The normalized spacial score (nSPS) is 27.5. The van der Waals surface area contributed by atoms with Crippen LogP contribution in [0.25, 0.3) is 0 Å². The molecule has 2 N–H and O–H groups in total. The SMILES string of the molecule is COc1ccc([C@H]2C(=O)C=C[C@@]2(O)CO)cc1. The minimum absolute atomic E-state index is 0.202. The van der Waals surface area contributed by atoms with Crippen LogP contribution in [0.4, 0.5) is 0 Å². The Bertz CT molecular complexity index is 449. The van der Waals surface area contributed by atoms with Gasteiger partial charge in [-0.2, -0.15) is 0 Å². The predicted octanol–water partition coefficient (Wildman–Crippen LogP) is 0.641. The summed E-state index contributed by atoms with van der Waals surface area (Å²) in [6.07, 6.45) is 2.66. The van der Waals surface area contributed by atoms with Gasteiger partial charge in [0.2, 0.25) is 0 Å². The number of hydrogen-bond acceptors (Lipinski definition) is 4. The molecular formula is C13H14O4. The second-order valence-electron chi connectivity index (χ2n) is 4.09. The Labute approximate surface area is 99.2 Å². The Kier molecular flexibility index (Phi) is 3.00. The number of benzene rings is 1. The monoisotopic (exact) mass is 234 g/mol. The summed E-state index contributed by atoms with van der Waals surface area (Å²) in [6.45, 7) is -0.480. The molecule has 4 heteroatoms. The summed E-state index contributed by atoms with van der Waals surface area (Å²) < 4.78 is 5.02. The second-order valence-corrected chi connectivity index (χ2v) is 4.09. The van der Waals surface area contributed by atoms with E-state index in [0.717, 1.165) is 0 Å². The van der Waals surface area contributed by atoms with E-state index in [1.54, 1.807) is 31.4 Å². The van der Waals surface area contributed by atoms with Crippen LogP contribution in [0.1, 0.15) is 11.5 Å². The number of methoxy groups -OCH3 is 1. The molecule has 17 heavy (non-hydrogen) atoms. The Morgan fingerprint density at radius 2 is 2.00 bits per heavy atom. The zero-order valence-corrected chi connectivity index (χ0v) is 9.46. The number of carbonyl (C=O) groups is 1. The second kappa shape index (κ2) is 4.31. The van der Waals surface area contributed by atoms with Gasteiger partial charge in [-0.15, -0.1) is 0 Å². The van der Waals surface area contributed by atoms with E-state index >= 15 is 0 Å². The minimum atomic E-state index is -1.49. The van der Waals surface area contributed by atoms with Crippen molar-refractivity contribution < 1.29 is 19.7 Å². The highest BCUT2D eigenvalue weighted by Gasteiger charge is 2.43. The number of rotatable bonds is 3. The third-order valence-electron chi connectivity index (χ3n) is 3.02. The first-order valence-corrected chi connectivity index (χ1v) is 5.31. The van der Waals surface area contributed by atoms with Crippen LogP contribution in [-0.4, -0.2) is 35.3 Å². The van der Waals surface area contributed by atoms with Crippen LogP contribution in [0.2, 0.25) is 0 Å². The Balaban J connectivity index is 2.35. The molecule has 2 rings (SSSR count). The van der Waals surface area contributed by atoms with Crippen molar-refractivity contribution in [3.05, 3.63) is 42.0 Å². The van der Waals surface area contributed by atoms with Crippen LogP contribution in [-0.2, 0) is 4.79 Å². The van der Waals surface area contributed by atoms with Crippen molar-refractivity contribution in [1.29, 1.82) is 0 Å². The maximum Gasteiger partial charge on any atom is 0.166 e. The van der Waals surface area contributed by atoms with E-state index in [1.807, 2.05) is 0 Å². The maximum absolute atomic E-state index is 11.7. The van der Waals surface area contributed by atoms with E-state index in [0.29, 0.717) is 11.3 Å². The topological polar surface area (TPSA) is 66.8 Å². The van der Waals surface area contributed by atoms with E-state index < -0.39 is 18.1 Å². The van der Waals surface area contributed by atoms with Crippen molar-refractivity contribution in [3.8, 4) is 5.75 Å². The van der Waals surface area contributed by atoms with Gasteiger partial charge in [0.05, 0.1) is 19.6 Å². The minimum Gasteiger partial charge on any atom is -0.497 e. The van der Waals surface area contributed by atoms with Gasteiger partial charge in [0.15, 0.2) is 5.78 Å². The summed E-state index contributed by atoms with van der Waals surface area (Å²) in [5.41, 5.74) is -0.830. The average molecular weight is 234 g/mol. The molecule has 0 bridgehead atoms. The van der Waals surface area contributed by atoms with E-state index in [1.165, 1.54) is 12.2 Å². The molecule has 4 nitrogen and oxygen atoms in total. The quantitative estimate of drug-likeness (QED) is 0.805. The molecule has 0 radical (unpaired) electrons. The molecule has 0 unspecified atom stereocenters. The van der Waals surface area contributed by atoms with E-state index in [4.69, 9.17) is 4.74 Å². The van der Waals surface area contributed by atoms with Crippen molar-refractivity contribution in [2.75, 3.05) is 13.7 Å². The van der Waals surface area contributed by atoms with Crippen LogP contribution in [0, 0.1) is 0 Å². The van der Waals surface area contributed by atoms with Crippen LogP contribution < -0.4 is 4.74 Å². The average Bonchev–Trinajstić information content (AvgIpc) is 2.66. The number of carbonyl (C=O) groups excluding carboxylic acids is 1. The molecule has 90 valence electrons. The molecule has 0 aromatic heterocycles. The Hall–Kier alpha value is -1.65. The molecule has 1 aliphatic carbocycles. The number of aliphatic hydroxyl groups excluding tert-OH is 1. The molecule has 1 aromatic carbocycles. The predicted molar refractivity (Wildman–Crippen MR) is 61.9 cm³/mol. The highest BCUT2D eigenvalue weighted by molar-refractivity contribution is 5.99. The van der Waals surface area contributed by atoms with Gasteiger partial charge in [-0.25, -0.2) is 0 Å². The molecule has 0 amide bonds. The summed E-state index contributed by atoms with van der Waals surface area (Å²) in [6, 6.07) is 6.88. The standard InChI is InChI=1S/C13H14O4/c1-17-10-4-2-9(3-5-10)12-11(15)6-7-13(12,16)8-14/h2-7,12,14,16H,8H2,1H3/t12-,13+/m0/s1. The van der Waals surface area contributed by atoms with Crippen LogP contribution in [0.5, 0.6) is 5.75 Å². The van der Waals surface area contributed by atoms with Gasteiger partial charge in [-0.05, 0) is 29.8 Å². The smallest absolute Gasteiger partial charge is 0.166 e. The molecule has 2 atom stereocenters. The van der Waals surface area contributed by atoms with Crippen molar-refractivity contribution in [1.82, 2.24) is 0 Å². The fourth-order valence-corrected chi connectivity index (χ4v) is 2.06. The van der Waals surface area contributed by atoms with Crippen LogP contribution in [0.15, 0.2) is 36.4 Å². The van der Waals surface area contributed by atoms with Crippen molar-refractivity contribution in [2.45, 2.75) is 11.5 Å². The lowest BCUT2D eigenvalue weighted by molar-refractivity contribution is -0.119. The van der Waals surface area contributed by atoms with E-state index in [-0.39, 0.29) is 5.78 Å². The Morgan fingerprint density at radius 3 is 2.53 bits per heavy atom. The van der Waals surface area contributed by atoms with Gasteiger partial charge in [-0.1, -0.05) is 12.1 Å². The highest BCUT2D eigenvalue weighted by Crippen LogP contribution is 2.36. The maximum atomic E-state index is 11.7. The first-order valence-electron chi connectivity index (χ1n) is 5.31. The number of allylic oxidation sites excluding steroid dienone is 1. The summed E-state index contributed by atoms with van der Waals surface area (Å²) >= 11 is 0. The molecular weight excluding hydrogens is 220 g/mol. The number of ketones is 1. The molecule has 0 spiro atoms. The molecule has 0 saturated heterocycles. The zero-order valence-electron chi connectivity index (χ0n) is 9.46. The number of hydrogen-bond donors (Lipinski definition) is 2. The van der Waals surface area contributed by atoms with Crippen LogP contribution >= 0.6 is 0 Å². The summed E-state index contributed by atoms with van der Waals surface area (Å²) in [7, 11) is 1.56. The number of ether oxygens (including phenoxy) is 1. The van der Waals surface area contributed by atoms with Crippen molar-refractivity contribution in [3.63, 3.8) is 0 Å². The lowest BCUT2D eigenvalue weighted by Gasteiger charge is -2.26. The highest BCUT2D eigenvalue weighted by atomic mass is 16.5. The fraction of sp³-hybridized carbons (Fsp3) is 0.308. The third kappa shape index (κ3) is 1.97. The molecule has 1 aromatic rings. The van der Waals surface area contributed by atoms with Gasteiger partial charge in [0.1, 0.15) is 11.4 Å². The first-order chi connectivity index (χ1) is 8.10. The lowest BCUT2D eigenvalue weighted by atomic mass is 9.84. The van der Waals surface area contributed by atoms with Crippen molar-refractivity contribution in [2.24, 2.45) is 0 Å². The molecule has 0 heterocycles. The fourth-order valence-electron chi connectivity index (χ4n) is 2.06. The molecule has 1 aliphatic rings. The van der Waals surface area contributed by atoms with Gasteiger partial charge in [0.25, 0.3) is 0 Å². The molecule has 0 saturated carbocycles. The lowest BCUT2D eigenvalue weighted by Crippen LogP contribution is -2.37. The third-order valence-corrected chi connectivity index (χ3v) is 3.02. The van der Waals surface area contributed by atoms with Crippen LogP contribution in [0.3, 0.4) is 0 Å². The van der Waals surface area contributed by atoms with Crippen molar-refractivity contribution >= 4 is 5.78 Å². The van der Waals surface area contributed by atoms with Gasteiger partial charge in [0, 0.05) is 0 Å². The van der Waals surface area contributed by atoms with E-state index in [2.05, 4.69) is 0 Å². The Morgan fingerprint density at radius 1 is 1.35 bits per heavy atom. The first kappa shape index (κ1) is 11.8. The number of aliphatic hydroxyl groups is 2. The zero-order chi connectivity index (χ0) is 12.5.